The molecular weight excluding hydrogens is 1120 g/mol. The maximum atomic E-state index is 13.2. The normalized spacial score (nSPS) is 14.0. The van der Waals surface area contributed by atoms with Crippen molar-refractivity contribution < 1.29 is 65.2 Å². The van der Waals surface area contributed by atoms with E-state index in [0.29, 0.717) is 38.7 Å². The molecule has 2 aliphatic carbocycles. The number of alkyl halides is 7. The molecule has 2 saturated carbocycles. The second kappa shape index (κ2) is 22.5. The van der Waals surface area contributed by atoms with Gasteiger partial charge in [0.05, 0.1) is 72.4 Å². The lowest BCUT2D eigenvalue weighted by molar-refractivity contribution is -0.193. The van der Waals surface area contributed by atoms with Crippen LogP contribution in [0.2, 0.25) is 0 Å². The van der Waals surface area contributed by atoms with E-state index in [4.69, 9.17) is 12.2 Å². The Balaban J connectivity index is 0.000000171. The van der Waals surface area contributed by atoms with E-state index in [-0.39, 0.29) is 34.2 Å². The van der Waals surface area contributed by atoms with Gasteiger partial charge in [-0.1, -0.05) is 0 Å². The molecule has 0 atom stereocenters. The fraction of sp³-hybridized carbons (Fsp3) is 0.191. The highest BCUT2D eigenvalue weighted by atomic mass is 79.9. The molecule has 6 heterocycles. The van der Waals surface area contributed by atoms with Gasteiger partial charge in [-0.2, -0.15) is 36.5 Å². The van der Waals surface area contributed by atoms with Crippen molar-refractivity contribution in [3.63, 3.8) is 0 Å². The number of aromatic carboxylic acids is 1. The van der Waals surface area contributed by atoms with E-state index < -0.39 is 37.0 Å². The van der Waals surface area contributed by atoms with Crippen molar-refractivity contribution in [1.82, 2.24) is 44.8 Å². The van der Waals surface area contributed by atoms with Crippen molar-refractivity contribution in [2.45, 2.75) is 49.1 Å². The molecule has 4 N–H and O–H groups in total. The molecule has 1 amide bonds. The Morgan fingerprint density at radius 3 is 1.47 bits per heavy atom. The van der Waals surface area contributed by atoms with E-state index >= 15 is 0 Å². The lowest BCUT2D eigenvalue weighted by Gasteiger charge is -2.18. The summed E-state index contributed by atoms with van der Waals surface area (Å²) in [6, 6.07) is 19.6. The van der Waals surface area contributed by atoms with Gasteiger partial charge in [-0.25, -0.2) is 32.9 Å². The Labute approximate surface area is 424 Å². The van der Waals surface area contributed by atoms with Crippen LogP contribution in [0.1, 0.15) is 58.9 Å². The summed E-state index contributed by atoms with van der Waals surface area (Å²) in [7, 11) is -1.00. The maximum Gasteiger partial charge on any atom is 0.458 e. The van der Waals surface area contributed by atoms with E-state index in [2.05, 4.69) is 67.3 Å². The first-order valence-electron chi connectivity index (χ1n) is 21.4. The zero-order valence-corrected chi connectivity index (χ0v) is 40.1. The molecule has 73 heavy (non-hydrogen) atoms. The standard InChI is InChI=1S/C21H15BrFN5O.C13H8FN3O2.C8H9BrN2.C4F6O2.CH3F/c22-19-9-13(5-8-25-19)21(6-7-21)27-20(29)17-10-24-12-18-16(17)11-26-28(18)15-3-1-14(23)2-4-15;14-8-1-3-9(4-2-8)17-12-7-15-5-11(13(18)19)10(12)6-16-17;9-7-5-6(1-4-11-7)8(10)2-3-8;5-3(6,7)1(11)2(12)4(8,9)10;1-2/h1-5,8-12H,6-7H2,(H,27,29);1-7H,(H,18,19);1,4-5H,2-3,10H2;;1H3/i;;;;1D. The third-order valence-corrected chi connectivity index (χ3v) is 11.7. The van der Waals surface area contributed by atoms with Gasteiger partial charge >= 0.3 is 29.9 Å². The Hall–Kier alpha value is -7.45. The van der Waals surface area contributed by atoms with Crippen LogP contribution in [0, 0.1) is 11.6 Å². The smallest absolute Gasteiger partial charge is 0.458 e. The average Bonchev–Trinajstić information content (AvgIpc) is 4.21. The van der Waals surface area contributed by atoms with Crippen LogP contribution in [0.3, 0.4) is 0 Å². The minimum atomic E-state index is -5.77. The molecule has 0 unspecified atom stereocenters. The molecule has 15 nitrogen and oxygen atoms in total. The van der Waals surface area contributed by atoms with E-state index in [1.807, 2.05) is 24.3 Å². The monoisotopic (exact) mass is 1150 g/mol. The van der Waals surface area contributed by atoms with Crippen molar-refractivity contribution in [3.8, 4) is 11.4 Å². The molecule has 0 aliphatic heterocycles. The number of Topliss-reactive ketones (excluding diaryl/α,β-unsaturated/α-hetero) is 2. The molecule has 10 rings (SSSR count). The molecular formula is C47H35Br2F9N10O5. The zero-order valence-electron chi connectivity index (χ0n) is 38.0. The molecule has 0 radical (unpaired) electrons. The van der Waals surface area contributed by atoms with Gasteiger partial charge in [0.1, 0.15) is 20.8 Å². The van der Waals surface area contributed by atoms with Gasteiger partial charge in [0.25, 0.3) is 5.91 Å². The van der Waals surface area contributed by atoms with Crippen LogP contribution in [-0.2, 0) is 20.7 Å². The largest absolute Gasteiger partial charge is 0.478 e. The van der Waals surface area contributed by atoms with Crippen molar-refractivity contribution in [2.24, 2.45) is 5.73 Å². The van der Waals surface area contributed by atoms with Crippen LogP contribution in [-0.4, -0.2) is 87.6 Å². The highest BCUT2D eigenvalue weighted by Crippen LogP contribution is 2.46. The van der Waals surface area contributed by atoms with Crippen LogP contribution < -0.4 is 11.1 Å². The fourth-order valence-corrected chi connectivity index (χ4v) is 7.53. The maximum absolute atomic E-state index is 13.2. The number of halogens is 11. The summed E-state index contributed by atoms with van der Waals surface area (Å²) in [6.07, 6.45) is 5.00. The quantitative estimate of drug-likeness (QED) is 0.0737. The second-order valence-electron chi connectivity index (χ2n) is 15.7. The summed E-state index contributed by atoms with van der Waals surface area (Å²) in [5.74, 6) is -8.74. The summed E-state index contributed by atoms with van der Waals surface area (Å²) in [4.78, 5) is 59.7. The van der Waals surface area contributed by atoms with Crippen LogP contribution in [0.15, 0.2) is 132 Å². The van der Waals surface area contributed by atoms with Crippen LogP contribution in [0.25, 0.3) is 33.2 Å². The molecule has 380 valence electrons. The molecule has 8 aromatic rings. The predicted molar refractivity (Wildman–Crippen MR) is 251 cm³/mol. The van der Waals surface area contributed by atoms with Crippen molar-refractivity contribution in [3.05, 3.63) is 165 Å². The van der Waals surface area contributed by atoms with Gasteiger partial charge in [-0.3, -0.25) is 28.7 Å². The van der Waals surface area contributed by atoms with Gasteiger partial charge in [0.2, 0.25) is 0 Å². The van der Waals surface area contributed by atoms with Crippen LogP contribution in [0.5, 0.6) is 0 Å². The molecule has 2 aliphatic rings. The Morgan fingerprint density at radius 1 is 0.658 bits per heavy atom. The van der Waals surface area contributed by atoms with Crippen molar-refractivity contribution >= 4 is 77.1 Å². The third kappa shape index (κ3) is 13.3. The van der Waals surface area contributed by atoms with Gasteiger partial charge in [0, 0.05) is 41.1 Å². The van der Waals surface area contributed by atoms with Crippen LogP contribution >= 0.6 is 31.9 Å². The van der Waals surface area contributed by atoms with E-state index in [0.717, 1.165) is 40.5 Å². The Bertz CT molecular complexity index is 3290. The number of benzene rings is 2. The number of aromatic nitrogens is 8. The Kier molecular flexibility index (Phi) is 16.5. The number of hydrogen-bond donors (Lipinski definition) is 3. The van der Waals surface area contributed by atoms with Gasteiger partial charge < -0.3 is 16.2 Å². The number of carboxylic acids is 1. The summed E-state index contributed by atoms with van der Waals surface area (Å²) in [5.41, 5.74) is 10.9. The molecule has 2 fully saturated rings. The number of amides is 1. The first kappa shape index (κ1) is 53.4. The number of nitrogens with one attached hydrogen (secondary N) is 1. The number of fused-ring (bicyclic) bond motifs is 2. The van der Waals surface area contributed by atoms with E-state index in [9.17, 15) is 58.7 Å². The SMILES string of the molecule is NC1(c2ccnc(Br)c2)CC1.O=C(C(=O)C(F)(F)F)C(F)(F)F.O=C(NC1(c2ccnc(Br)c2)CC1)c1cncc2c1cnn2-c1ccc(F)cc1.O=C(O)c1cncc2c1cnn2-c1ccc(F)cc1.[2H]CF. The minimum absolute atomic E-state index is 0.0363. The topological polar surface area (TPSA) is 214 Å². The molecule has 6 aromatic heterocycles. The minimum Gasteiger partial charge on any atom is -0.478 e. The number of carboxylic acid groups (broad SMARTS) is 1. The Morgan fingerprint density at radius 2 is 1.07 bits per heavy atom. The number of carbonyl (C=O) groups excluding carboxylic acids is 3. The lowest BCUT2D eigenvalue weighted by atomic mass is 10.1. The number of hydrogen-bond acceptors (Lipinski definition) is 11. The second-order valence-corrected chi connectivity index (χ2v) is 17.3. The molecule has 0 saturated heterocycles. The van der Waals surface area contributed by atoms with Crippen LogP contribution in [0.4, 0.5) is 39.5 Å². The molecule has 0 spiro atoms. The van der Waals surface area contributed by atoms with Gasteiger partial charge in [0.15, 0.2) is 0 Å². The first-order valence-corrected chi connectivity index (χ1v) is 22.3. The number of pyridine rings is 4. The van der Waals surface area contributed by atoms with E-state index in [1.165, 1.54) is 53.1 Å². The highest BCUT2D eigenvalue weighted by molar-refractivity contribution is 9.10. The fourth-order valence-electron chi connectivity index (χ4n) is 6.80. The summed E-state index contributed by atoms with van der Waals surface area (Å²) in [6.45, 7) is 0. The average molecular weight is 1150 g/mol. The number of nitrogens with two attached hydrogens (primary N) is 1. The molecule has 0 bridgehead atoms. The predicted octanol–water partition coefficient (Wildman–Crippen LogP) is 10.0. The summed E-state index contributed by atoms with van der Waals surface area (Å²) in [5, 5.41) is 21.9. The van der Waals surface area contributed by atoms with Gasteiger partial charge in [-0.15, -0.1) is 0 Å². The van der Waals surface area contributed by atoms with Crippen molar-refractivity contribution in [2.75, 3.05) is 7.15 Å². The van der Waals surface area contributed by atoms with E-state index in [1.54, 1.807) is 59.9 Å². The highest BCUT2D eigenvalue weighted by Gasteiger charge is 2.54. The summed E-state index contributed by atoms with van der Waals surface area (Å²) < 4.78 is 113. The number of rotatable bonds is 8. The third-order valence-electron chi connectivity index (χ3n) is 10.8. The molecule has 26 heteroatoms. The number of carbonyl (C=O) groups is 4. The number of ketones is 2. The van der Waals surface area contributed by atoms with Crippen molar-refractivity contribution in [1.29, 1.82) is 0 Å². The first-order chi connectivity index (χ1) is 34.9. The summed E-state index contributed by atoms with van der Waals surface area (Å²) >= 11 is 6.70. The number of nitrogens with zero attached hydrogens (tertiary/aromatic N) is 8. The lowest BCUT2D eigenvalue weighted by Crippen LogP contribution is -2.39. The molecule has 2 aromatic carbocycles. The van der Waals surface area contributed by atoms with Gasteiger partial charge in [-0.05, 0) is 141 Å². The zero-order chi connectivity index (χ0) is 54.2.